The molecule has 1 aliphatic carbocycles. The summed E-state index contributed by atoms with van der Waals surface area (Å²) in [6.45, 7) is -0.156. The van der Waals surface area contributed by atoms with Gasteiger partial charge < -0.3 is 15.5 Å². The summed E-state index contributed by atoms with van der Waals surface area (Å²) in [4.78, 5) is 38.4. The van der Waals surface area contributed by atoms with Crippen LogP contribution in [0.1, 0.15) is 60.6 Å². The Morgan fingerprint density at radius 2 is 1.78 bits per heavy atom. The first kappa shape index (κ1) is 25.8. The number of rotatable bonds is 7. The van der Waals surface area contributed by atoms with Crippen LogP contribution >= 0.6 is 11.6 Å². The molecule has 0 unspecified atom stereocenters. The highest BCUT2D eigenvalue weighted by Crippen LogP contribution is 2.27. The van der Waals surface area contributed by atoms with E-state index in [2.05, 4.69) is 10.4 Å². The van der Waals surface area contributed by atoms with Gasteiger partial charge in [0.05, 0.1) is 34.5 Å². The van der Waals surface area contributed by atoms with E-state index in [0.717, 1.165) is 41.1 Å². The number of benzene rings is 2. The van der Waals surface area contributed by atoms with Crippen LogP contribution in [0.2, 0.25) is 5.02 Å². The van der Waals surface area contributed by atoms with E-state index in [1.165, 1.54) is 18.2 Å². The van der Waals surface area contributed by atoms with Crippen molar-refractivity contribution in [2.24, 2.45) is 0 Å². The lowest BCUT2D eigenvalue weighted by Gasteiger charge is -2.26. The van der Waals surface area contributed by atoms with Crippen LogP contribution in [0.3, 0.4) is 0 Å². The maximum Gasteiger partial charge on any atom is 0.352 e. The zero-order valence-electron chi connectivity index (χ0n) is 19.8. The maximum absolute atomic E-state index is 13.1. The minimum atomic E-state index is -1.08. The number of hydrogen-bond acceptors (Lipinski definition) is 6. The van der Waals surface area contributed by atoms with Crippen LogP contribution in [0.4, 0.5) is 0 Å². The summed E-state index contributed by atoms with van der Waals surface area (Å²) in [5.74, 6) is -0.486. The number of nitrogens with zero attached hydrogens (tertiary/aromatic N) is 3. The van der Waals surface area contributed by atoms with Gasteiger partial charge in [-0.25, -0.2) is 4.79 Å². The lowest BCUT2D eigenvalue weighted by molar-refractivity contribution is 0.0246. The predicted molar refractivity (Wildman–Crippen MR) is 135 cm³/mol. The molecule has 0 radical (unpaired) electrons. The number of amides is 1. The van der Waals surface area contributed by atoms with E-state index in [1.807, 2.05) is 0 Å². The van der Waals surface area contributed by atoms with Gasteiger partial charge in [-0.15, -0.1) is 0 Å². The Bertz CT molecular complexity index is 1330. The summed E-state index contributed by atoms with van der Waals surface area (Å²) < 4.78 is 1.87. The van der Waals surface area contributed by atoms with Gasteiger partial charge in [0.15, 0.2) is 0 Å². The van der Waals surface area contributed by atoms with Crippen LogP contribution < -0.4 is 16.6 Å². The van der Waals surface area contributed by atoms with Crippen LogP contribution in [0.5, 0.6) is 0 Å². The lowest BCUT2D eigenvalue weighted by atomic mass is 9.94. The number of aliphatic hydroxyl groups is 2. The molecule has 0 bridgehead atoms. The van der Waals surface area contributed by atoms with Gasteiger partial charge in [0.1, 0.15) is 6.20 Å². The van der Waals surface area contributed by atoms with E-state index in [4.69, 9.17) is 11.6 Å². The molecule has 1 aliphatic rings. The smallest absolute Gasteiger partial charge is 0.352 e. The third-order valence-electron chi connectivity index (χ3n) is 6.55. The van der Waals surface area contributed by atoms with Crippen LogP contribution in [0.15, 0.2) is 64.3 Å². The Kier molecular flexibility index (Phi) is 8.03. The van der Waals surface area contributed by atoms with Gasteiger partial charge in [-0.2, -0.15) is 9.78 Å². The average Bonchev–Trinajstić information content (AvgIpc) is 3.11. The largest absolute Gasteiger partial charge is 0.388 e. The molecular weight excluding hydrogens is 484 g/mol. The molecule has 3 N–H and O–H groups in total. The van der Waals surface area contributed by atoms with Gasteiger partial charge >= 0.3 is 5.69 Å². The normalized spacial score (nSPS) is 16.2. The van der Waals surface area contributed by atoms with Gasteiger partial charge in [0.2, 0.25) is 0 Å². The van der Waals surface area contributed by atoms with Gasteiger partial charge in [-0.1, -0.05) is 67.6 Å². The standard InChI is InChI=1S/C26H29ClN4O5/c27-21-11-10-19(14-20(21)24(34)28-17-26(36)12-6-1-2-7-13-26)31-25(35)30(23(33)15-29-31)16-22(32)18-8-4-3-5-9-18/h3-5,8-11,14-15,22,32,36H,1-2,6-7,12-13,16-17H2,(H,28,34)/t22-/m0/s1. The summed E-state index contributed by atoms with van der Waals surface area (Å²) in [6.07, 6.45) is 5.10. The molecule has 1 atom stereocenters. The number of aromatic nitrogens is 3. The Morgan fingerprint density at radius 1 is 1.08 bits per heavy atom. The zero-order valence-corrected chi connectivity index (χ0v) is 20.5. The zero-order chi connectivity index (χ0) is 25.7. The third kappa shape index (κ3) is 5.92. The fourth-order valence-corrected chi connectivity index (χ4v) is 4.66. The number of carbonyl (C=O) groups is 1. The molecule has 1 heterocycles. The lowest BCUT2D eigenvalue weighted by Crippen LogP contribution is -2.43. The van der Waals surface area contributed by atoms with Gasteiger partial charge in [-0.3, -0.25) is 14.2 Å². The first-order valence-electron chi connectivity index (χ1n) is 12.0. The van der Waals surface area contributed by atoms with Crippen LogP contribution in [0, 0.1) is 0 Å². The average molecular weight is 513 g/mol. The quantitative estimate of drug-likeness (QED) is 0.418. The Hall–Kier alpha value is -3.27. The van der Waals surface area contributed by atoms with Crippen molar-refractivity contribution < 1.29 is 15.0 Å². The predicted octanol–water partition coefficient (Wildman–Crippen LogP) is 2.60. The van der Waals surface area contributed by atoms with Crippen LogP contribution in [0.25, 0.3) is 5.69 Å². The topological polar surface area (TPSA) is 126 Å². The summed E-state index contributed by atoms with van der Waals surface area (Å²) in [7, 11) is 0. The number of hydrogen-bond donors (Lipinski definition) is 3. The monoisotopic (exact) mass is 512 g/mol. The van der Waals surface area contributed by atoms with Crippen molar-refractivity contribution >= 4 is 17.5 Å². The van der Waals surface area contributed by atoms with Crippen molar-refractivity contribution in [1.29, 1.82) is 0 Å². The molecule has 1 saturated carbocycles. The minimum Gasteiger partial charge on any atom is -0.388 e. The molecule has 0 spiro atoms. The summed E-state index contributed by atoms with van der Waals surface area (Å²) in [6, 6.07) is 13.1. The van der Waals surface area contributed by atoms with Crippen LogP contribution in [-0.2, 0) is 6.54 Å². The van der Waals surface area contributed by atoms with Crippen molar-refractivity contribution in [3.8, 4) is 5.69 Å². The van der Waals surface area contributed by atoms with Crippen LogP contribution in [-0.4, -0.2) is 42.6 Å². The summed E-state index contributed by atoms with van der Waals surface area (Å²) in [5.41, 5.74) is -1.47. The van der Waals surface area contributed by atoms with E-state index in [0.29, 0.717) is 18.4 Å². The fourth-order valence-electron chi connectivity index (χ4n) is 4.46. The molecular formula is C26H29ClN4O5. The van der Waals surface area contributed by atoms with Crippen molar-refractivity contribution in [3.05, 3.63) is 91.7 Å². The third-order valence-corrected chi connectivity index (χ3v) is 6.88. The van der Waals surface area contributed by atoms with Gasteiger partial charge in [0, 0.05) is 6.54 Å². The van der Waals surface area contributed by atoms with Crippen molar-refractivity contribution in [3.63, 3.8) is 0 Å². The molecule has 190 valence electrons. The highest BCUT2D eigenvalue weighted by molar-refractivity contribution is 6.33. The molecule has 4 rings (SSSR count). The SMILES string of the molecule is O=C(NCC1(O)CCCCCC1)c1cc(-n2ncc(=O)n(C[C@H](O)c3ccccc3)c2=O)ccc1Cl. The second-order valence-electron chi connectivity index (χ2n) is 9.20. The highest BCUT2D eigenvalue weighted by Gasteiger charge is 2.29. The van der Waals surface area contributed by atoms with E-state index < -0.39 is 28.9 Å². The van der Waals surface area contributed by atoms with Gasteiger partial charge in [0.25, 0.3) is 11.5 Å². The van der Waals surface area contributed by atoms with E-state index in [-0.39, 0.29) is 29.4 Å². The first-order valence-corrected chi connectivity index (χ1v) is 12.4. The molecule has 0 aliphatic heterocycles. The fraction of sp³-hybridized carbons (Fsp3) is 0.385. The molecule has 9 nitrogen and oxygen atoms in total. The van der Waals surface area contributed by atoms with E-state index in [1.54, 1.807) is 30.3 Å². The Balaban J connectivity index is 1.58. The van der Waals surface area contributed by atoms with Crippen molar-refractivity contribution in [1.82, 2.24) is 19.7 Å². The number of aliphatic hydroxyl groups excluding tert-OH is 1. The van der Waals surface area contributed by atoms with E-state index in [9.17, 15) is 24.6 Å². The number of carbonyl (C=O) groups excluding carboxylic acids is 1. The number of nitrogens with one attached hydrogen (secondary N) is 1. The molecule has 36 heavy (non-hydrogen) atoms. The molecule has 2 aromatic carbocycles. The second kappa shape index (κ2) is 11.2. The molecule has 1 fully saturated rings. The molecule has 0 saturated heterocycles. The van der Waals surface area contributed by atoms with Crippen molar-refractivity contribution in [2.45, 2.75) is 56.8 Å². The summed E-state index contributed by atoms with van der Waals surface area (Å²) >= 11 is 6.27. The Labute approximate surface area is 213 Å². The van der Waals surface area contributed by atoms with Crippen molar-refractivity contribution in [2.75, 3.05) is 6.54 Å². The molecule has 10 heteroatoms. The maximum atomic E-state index is 13.1. The summed E-state index contributed by atoms with van der Waals surface area (Å²) in [5, 5.41) is 28.2. The molecule has 3 aromatic rings. The molecule has 1 amide bonds. The van der Waals surface area contributed by atoms with Gasteiger partial charge in [-0.05, 0) is 36.6 Å². The highest BCUT2D eigenvalue weighted by atomic mass is 35.5. The Morgan fingerprint density at radius 3 is 2.47 bits per heavy atom. The molecule has 1 aromatic heterocycles. The minimum absolute atomic E-state index is 0.104. The first-order chi connectivity index (χ1) is 17.3. The second-order valence-corrected chi connectivity index (χ2v) is 9.61. The number of halogens is 1. The van der Waals surface area contributed by atoms with E-state index >= 15 is 0 Å².